The van der Waals surface area contributed by atoms with Gasteiger partial charge in [0.1, 0.15) is 0 Å². The first-order valence-electron chi connectivity index (χ1n) is 5.33. The quantitative estimate of drug-likeness (QED) is 0.803. The SMILES string of the molecule is COc1cccc(CNC2(CCl)CC2)c1F. The highest BCUT2D eigenvalue weighted by atomic mass is 35.5. The van der Waals surface area contributed by atoms with E-state index in [1.54, 1.807) is 18.2 Å². The van der Waals surface area contributed by atoms with Crippen molar-refractivity contribution >= 4 is 11.6 Å². The maximum atomic E-state index is 13.8. The molecule has 0 amide bonds. The first kappa shape index (κ1) is 11.7. The van der Waals surface area contributed by atoms with Gasteiger partial charge in [-0.05, 0) is 18.9 Å². The molecule has 0 aliphatic heterocycles. The Morgan fingerprint density at radius 2 is 2.25 bits per heavy atom. The number of benzene rings is 1. The normalized spacial score (nSPS) is 17.2. The molecule has 0 aromatic heterocycles. The zero-order valence-electron chi connectivity index (χ0n) is 9.22. The van der Waals surface area contributed by atoms with Gasteiger partial charge in [0.25, 0.3) is 0 Å². The third-order valence-corrected chi connectivity index (χ3v) is 3.54. The molecule has 0 atom stereocenters. The molecule has 0 heterocycles. The van der Waals surface area contributed by atoms with Gasteiger partial charge in [0.2, 0.25) is 0 Å². The van der Waals surface area contributed by atoms with Gasteiger partial charge in [-0.1, -0.05) is 12.1 Å². The number of methoxy groups -OCH3 is 1. The van der Waals surface area contributed by atoms with E-state index in [4.69, 9.17) is 16.3 Å². The predicted molar refractivity (Wildman–Crippen MR) is 62.5 cm³/mol. The highest BCUT2D eigenvalue weighted by Gasteiger charge is 2.41. The third kappa shape index (κ3) is 2.30. The van der Waals surface area contributed by atoms with Crippen LogP contribution in [-0.2, 0) is 6.54 Å². The van der Waals surface area contributed by atoms with Crippen molar-refractivity contribution < 1.29 is 9.13 Å². The van der Waals surface area contributed by atoms with E-state index in [1.807, 2.05) is 0 Å². The monoisotopic (exact) mass is 243 g/mol. The molecule has 4 heteroatoms. The smallest absolute Gasteiger partial charge is 0.169 e. The number of alkyl halides is 1. The van der Waals surface area contributed by atoms with Gasteiger partial charge >= 0.3 is 0 Å². The summed E-state index contributed by atoms with van der Waals surface area (Å²) in [6.45, 7) is 0.496. The average molecular weight is 244 g/mol. The molecule has 0 spiro atoms. The summed E-state index contributed by atoms with van der Waals surface area (Å²) >= 11 is 5.84. The van der Waals surface area contributed by atoms with Crippen LogP contribution in [0.1, 0.15) is 18.4 Å². The highest BCUT2D eigenvalue weighted by molar-refractivity contribution is 6.18. The molecular weight excluding hydrogens is 229 g/mol. The minimum Gasteiger partial charge on any atom is -0.494 e. The minimum atomic E-state index is -0.289. The molecule has 1 aliphatic carbocycles. The van der Waals surface area contributed by atoms with Gasteiger partial charge in [-0.25, -0.2) is 4.39 Å². The van der Waals surface area contributed by atoms with Crippen LogP contribution in [0.5, 0.6) is 5.75 Å². The molecule has 1 aliphatic rings. The Morgan fingerprint density at radius 1 is 1.50 bits per heavy atom. The van der Waals surface area contributed by atoms with Crippen molar-refractivity contribution in [3.8, 4) is 5.75 Å². The second kappa shape index (κ2) is 4.60. The standard InChI is InChI=1S/C12H15ClFNO/c1-16-10-4-2-3-9(11(10)14)7-15-12(8-13)5-6-12/h2-4,15H,5-8H2,1H3. The van der Waals surface area contributed by atoms with Gasteiger partial charge in [0.05, 0.1) is 7.11 Å². The molecule has 1 N–H and O–H groups in total. The van der Waals surface area contributed by atoms with Crippen LogP contribution >= 0.6 is 11.6 Å². The molecule has 1 saturated carbocycles. The van der Waals surface area contributed by atoms with Crippen molar-refractivity contribution in [2.75, 3.05) is 13.0 Å². The summed E-state index contributed by atoms with van der Waals surface area (Å²) in [7, 11) is 1.47. The lowest BCUT2D eigenvalue weighted by Gasteiger charge is -2.14. The summed E-state index contributed by atoms with van der Waals surface area (Å²) in [5.74, 6) is 0.580. The molecule has 2 rings (SSSR count). The van der Waals surface area contributed by atoms with Crippen LogP contribution < -0.4 is 10.1 Å². The van der Waals surface area contributed by atoms with Crippen molar-refractivity contribution in [3.05, 3.63) is 29.6 Å². The maximum absolute atomic E-state index is 13.8. The van der Waals surface area contributed by atoms with E-state index in [0.717, 1.165) is 12.8 Å². The molecule has 0 radical (unpaired) electrons. The van der Waals surface area contributed by atoms with Crippen LogP contribution in [0, 0.1) is 5.82 Å². The van der Waals surface area contributed by atoms with E-state index >= 15 is 0 Å². The fourth-order valence-electron chi connectivity index (χ4n) is 1.64. The van der Waals surface area contributed by atoms with Gasteiger partial charge in [0, 0.05) is 23.5 Å². The van der Waals surface area contributed by atoms with Crippen molar-refractivity contribution in [2.45, 2.75) is 24.9 Å². The van der Waals surface area contributed by atoms with E-state index in [1.165, 1.54) is 7.11 Å². The Hall–Kier alpha value is -0.800. The van der Waals surface area contributed by atoms with E-state index in [9.17, 15) is 4.39 Å². The lowest BCUT2D eigenvalue weighted by molar-refractivity contribution is 0.382. The largest absolute Gasteiger partial charge is 0.494 e. The predicted octanol–water partition coefficient (Wildman–Crippen LogP) is 2.70. The summed E-state index contributed by atoms with van der Waals surface area (Å²) in [5, 5.41) is 3.30. The number of hydrogen-bond donors (Lipinski definition) is 1. The summed E-state index contributed by atoms with van der Waals surface area (Å²) < 4.78 is 18.7. The van der Waals surface area contributed by atoms with Crippen molar-refractivity contribution in [3.63, 3.8) is 0 Å². The maximum Gasteiger partial charge on any atom is 0.169 e. The van der Waals surface area contributed by atoms with Crippen LogP contribution in [0.25, 0.3) is 0 Å². The van der Waals surface area contributed by atoms with Crippen LogP contribution in [0.4, 0.5) is 4.39 Å². The van der Waals surface area contributed by atoms with Gasteiger partial charge in [-0.15, -0.1) is 11.6 Å². The lowest BCUT2D eigenvalue weighted by atomic mass is 10.2. The Labute approximate surface area is 99.7 Å². The lowest BCUT2D eigenvalue weighted by Crippen LogP contribution is -2.32. The molecule has 0 unspecified atom stereocenters. The molecule has 16 heavy (non-hydrogen) atoms. The molecular formula is C12H15ClFNO. The highest BCUT2D eigenvalue weighted by Crippen LogP contribution is 2.36. The van der Waals surface area contributed by atoms with E-state index in [0.29, 0.717) is 18.0 Å². The number of hydrogen-bond acceptors (Lipinski definition) is 2. The second-order valence-electron chi connectivity index (χ2n) is 4.20. The second-order valence-corrected chi connectivity index (χ2v) is 4.47. The molecule has 0 saturated heterocycles. The first-order valence-corrected chi connectivity index (χ1v) is 5.86. The Balaban J connectivity index is 2.04. The van der Waals surface area contributed by atoms with E-state index < -0.39 is 0 Å². The van der Waals surface area contributed by atoms with Crippen LogP contribution in [-0.4, -0.2) is 18.5 Å². The summed E-state index contributed by atoms with van der Waals surface area (Å²) in [4.78, 5) is 0. The molecule has 2 nitrogen and oxygen atoms in total. The van der Waals surface area contributed by atoms with Crippen LogP contribution in [0.3, 0.4) is 0 Å². The molecule has 0 bridgehead atoms. The fourth-order valence-corrected chi connectivity index (χ4v) is 2.00. The van der Waals surface area contributed by atoms with Crippen molar-refractivity contribution in [2.24, 2.45) is 0 Å². The third-order valence-electron chi connectivity index (χ3n) is 3.03. The van der Waals surface area contributed by atoms with E-state index in [-0.39, 0.29) is 17.1 Å². The molecule has 1 aromatic rings. The minimum absolute atomic E-state index is 0.0388. The summed E-state index contributed by atoms with van der Waals surface area (Å²) in [6, 6.07) is 5.17. The Morgan fingerprint density at radius 3 is 2.81 bits per heavy atom. The number of ether oxygens (including phenoxy) is 1. The zero-order chi connectivity index (χ0) is 11.6. The van der Waals surface area contributed by atoms with Crippen molar-refractivity contribution in [1.82, 2.24) is 5.32 Å². The van der Waals surface area contributed by atoms with Gasteiger partial charge in [-0.3, -0.25) is 0 Å². The van der Waals surface area contributed by atoms with Gasteiger partial charge in [0.15, 0.2) is 11.6 Å². The molecule has 1 fully saturated rings. The summed E-state index contributed by atoms with van der Waals surface area (Å²) in [6.07, 6.45) is 2.14. The zero-order valence-corrected chi connectivity index (χ0v) is 9.98. The summed E-state index contributed by atoms with van der Waals surface area (Å²) in [5.41, 5.74) is 0.660. The van der Waals surface area contributed by atoms with Crippen molar-refractivity contribution in [1.29, 1.82) is 0 Å². The fraction of sp³-hybridized carbons (Fsp3) is 0.500. The number of nitrogens with one attached hydrogen (secondary N) is 1. The Kier molecular flexibility index (Phi) is 3.36. The van der Waals surface area contributed by atoms with Crippen LogP contribution in [0.2, 0.25) is 0 Å². The molecule has 88 valence electrons. The Bertz CT molecular complexity index is 379. The van der Waals surface area contributed by atoms with Gasteiger partial charge in [-0.2, -0.15) is 0 Å². The van der Waals surface area contributed by atoms with E-state index in [2.05, 4.69) is 5.32 Å². The average Bonchev–Trinajstić information content (AvgIpc) is 3.08. The number of rotatable bonds is 5. The van der Waals surface area contributed by atoms with Gasteiger partial charge < -0.3 is 10.1 Å². The topological polar surface area (TPSA) is 21.3 Å². The first-order chi connectivity index (χ1) is 7.71. The van der Waals surface area contributed by atoms with Crippen LogP contribution in [0.15, 0.2) is 18.2 Å². The molecule has 1 aromatic carbocycles. The number of halogens is 2.